The second kappa shape index (κ2) is 4.06. The van der Waals surface area contributed by atoms with Gasteiger partial charge in [-0.25, -0.2) is 4.98 Å². The highest BCUT2D eigenvalue weighted by Crippen LogP contribution is 2.42. The number of aromatic amines is 1. The van der Waals surface area contributed by atoms with Gasteiger partial charge in [0.1, 0.15) is 11.5 Å². The lowest BCUT2D eigenvalue weighted by Gasteiger charge is -2.06. The summed E-state index contributed by atoms with van der Waals surface area (Å²) < 4.78 is 0. The number of H-pyrrole nitrogens is 1. The van der Waals surface area contributed by atoms with Crippen LogP contribution in [0.15, 0.2) is 60.0 Å². The SMILES string of the molecule is O/N=C1/c2ccccc2-c2c1cccc2-c1ncc[nH]1. The predicted octanol–water partition coefficient (Wildman–Crippen LogP) is 3.28. The molecule has 1 aliphatic rings. The zero-order valence-corrected chi connectivity index (χ0v) is 10.5. The number of fused-ring (bicyclic) bond motifs is 3. The van der Waals surface area contributed by atoms with Crippen molar-refractivity contribution in [2.75, 3.05) is 0 Å². The summed E-state index contributed by atoms with van der Waals surface area (Å²) in [5, 5.41) is 12.8. The predicted molar refractivity (Wildman–Crippen MR) is 76.9 cm³/mol. The van der Waals surface area contributed by atoms with E-state index < -0.39 is 0 Å². The molecule has 4 heteroatoms. The molecular formula is C16H11N3O. The zero-order valence-electron chi connectivity index (χ0n) is 10.5. The van der Waals surface area contributed by atoms with Gasteiger partial charge in [-0.05, 0) is 5.56 Å². The molecule has 0 radical (unpaired) electrons. The van der Waals surface area contributed by atoms with Gasteiger partial charge in [0.25, 0.3) is 0 Å². The standard InChI is InChI=1S/C16H11N3O/c20-19-15-11-5-2-1-4-10(11)14-12(15)6-3-7-13(14)16-17-8-9-18-16/h1-9,20H,(H,17,18)/b19-15-. The largest absolute Gasteiger partial charge is 0.410 e. The molecule has 3 aromatic rings. The molecule has 2 aromatic carbocycles. The molecule has 1 heterocycles. The van der Waals surface area contributed by atoms with Gasteiger partial charge in [-0.3, -0.25) is 0 Å². The van der Waals surface area contributed by atoms with Crippen LogP contribution in [0.4, 0.5) is 0 Å². The van der Waals surface area contributed by atoms with E-state index in [1.54, 1.807) is 12.4 Å². The van der Waals surface area contributed by atoms with Crippen LogP contribution >= 0.6 is 0 Å². The van der Waals surface area contributed by atoms with Gasteiger partial charge in [0.15, 0.2) is 0 Å². The van der Waals surface area contributed by atoms with E-state index in [1.165, 1.54) is 0 Å². The minimum absolute atomic E-state index is 0.615. The molecule has 0 bridgehead atoms. The van der Waals surface area contributed by atoms with Crippen LogP contribution in [0.2, 0.25) is 0 Å². The minimum atomic E-state index is 0.615. The van der Waals surface area contributed by atoms with Gasteiger partial charge in [-0.2, -0.15) is 0 Å². The molecule has 0 saturated carbocycles. The number of hydrogen-bond acceptors (Lipinski definition) is 3. The van der Waals surface area contributed by atoms with E-state index >= 15 is 0 Å². The summed E-state index contributed by atoms with van der Waals surface area (Å²) in [5.74, 6) is 0.816. The molecule has 0 saturated heterocycles. The van der Waals surface area contributed by atoms with Gasteiger partial charge in [-0.1, -0.05) is 47.6 Å². The smallest absolute Gasteiger partial charge is 0.137 e. The number of benzene rings is 2. The number of nitrogens with zero attached hydrogens (tertiary/aromatic N) is 2. The third kappa shape index (κ3) is 1.36. The van der Waals surface area contributed by atoms with Crippen LogP contribution in [0.25, 0.3) is 22.5 Å². The molecule has 4 rings (SSSR count). The summed E-state index contributed by atoms with van der Waals surface area (Å²) in [4.78, 5) is 7.46. The second-order valence-corrected chi connectivity index (χ2v) is 4.66. The quantitative estimate of drug-likeness (QED) is 0.408. The first-order valence-corrected chi connectivity index (χ1v) is 6.35. The summed E-state index contributed by atoms with van der Waals surface area (Å²) in [6.07, 6.45) is 3.53. The van der Waals surface area contributed by atoms with Gasteiger partial charge >= 0.3 is 0 Å². The maximum absolute atomic E-state index is 9.35. The lowest BCUT2D eigenvalue weighted by atomic mass is 9.99. The molecular weight excluding hydrogens is 250 g/mol. The van der Waals surface area contributed by atoms with Gasteiger partial charge < -0.3 is 10.2 Å². The molecule has 96 valence electrons. The Morgan fingerprint density at radius 2 is 1.65 bits per heavy atom. The molecule has 0 unspecified atom stereocenters. The Morgan fingerprint density at radius 3 is 2.40 bits per heavy atom. The van der Waals surface area contributed by atoms with Crippen molar-refractivity contribution in [3.8, 4) is 22.5 Å². The molecule has 20 heavy (non-hydrogen) atoms. The molecule has 1 aromatic heterocycles. The number of imidazole rings is 1. The number of aromatic nitrogens is 2. The Bertz CT molecular complexity index is 819. The van der Waals surface area contributed by atoms with E-state index in [4.69, 9.17) is 0 Å². The molecule has 4 nitrogen and oxygen atoms in total. The van der Waals surface area contributed by atoms with Crippen LogP contribution in [0.1, 0.15) is 11.1 Å². The van der Waals surface area contributed by atoms with Crippen molar-refractivity contribution in [1.29, 1.82) is 0 Å². The van der Waals surface area contributed by atoms with E-state index in [9.17, 15) is 5.21 Å². The molecule has 0 fully saturated rings. The average molecular weight is 261 g/mol. The lowest BCUT2D eigenvalue weighted by Crippen LogP contribution is -1.97. The Hall–Kier alpha value is -2.88. The lowest BCUT2D eigenvalue weighted by molar-refractivity contribution is 0.320. The molecule has 2 N–H and O–H groups in total. The number of nitrogens with one attached hydrogen (secondary N) is 1. The molecule has 0 atom stereocenters. The van der Waals surface area contributed by atoms with Crippen molar-refractivity contribution in [3.05, 3.63) is 66.0 Å². The van der Waals surface area contributed by atoms with E-state index in [1.807, 2.05) is 42.5 Å². The topological polar surface area (TPSA) is 61.3 Å². The van der Waals surface area contributed by atoms with Gasteiger partial charge in [0.2, 0.25) is 0 Å². The summed E-state index contributed by atoms with van der Waals surface area (Å²) in [7, 11) is 0. The third-order valence-electron chi connectivity index (χ3n) is 3.62. The highest BCUT2D eigenvalue weighted by atomic mass is 16.4. The molecule has 0 aliphatic heterocycles. The average Bonchev–Trinajstić information content (AvgIpc) is 3.13. The Balaban J connectivity index is 2.10. The maximum Gasteiger partial charge on any atom is 0.137 e. The highest BCUT2D eigenvalue weighted by molar-refractivity contribution is 6.25. The van der Waals surface area contributed by atoms with Crippen LogP contribution < -0.4 is 0 Å². The fraction of sp³-hybridized carbons (Fsp3) is 0. The molecule has 1 aliphatic carbocycles. The van der Waals surface area contributed by atoms with Crippen molar-refractivity contribution in [1.82, 2.24) is 9.97 Å². The normalized spacial score (nSPS) is 14.3. The number of hydrogen-bond donors (Lipinski definition) is 2. The summed E-state index contributed by atoms with van der Waals surface area (Å²) in [6.45, 7) is 0. The van der Waals surface area contributed by atoms with Crippen LogP contribution in [0.5, 0.6) is 0 Å². The number of oxime groups is 1. The minimum Gasteiger partial charge on any atom is -0.410 e. The third-order valence-corrected chi connectivity index (χ3v) is 3.62. The zero-order chi connectivity index (χ0) is 13.5. The van der Waals surface area contributed by atoms with Gasteiger partial charge in [-0.15, -0.1) is 0 Å². The van der Waals surface area contributed by atoms with Gasteiger partial charge in [0.05, 0.1) is 0 Å². The Labute approximate surface area is 115 Å². The first-order valence-electron chi connectivity index (χ1n) is 6.35. The maximum atomic E-state index is 9.35. The van der Waals surface area contributed by atoms with E-state index in [0.29, 0.717) is 5.71 Å². The van der Waals surface area contributed by atoms with Crippen LogP contribution in [0, 0.1) is 0 Å². The van der Waals surface area contributed by atoms with Crippen LogP contribution in [-0.4, -0.2) is 20.9 Å². The van der Waals surface area contributed by atoms with Crippen LogP contribution in [0.3, 0.4) is 0 Å². The molecule has 0 spiro atoms. The molecule has 0 amide bonds. The Kier molecular flexibility index (Phi) is 2.23. The van der Waals surface area contributed by atoms with Gasteiger partial charge in [0, 0.05) is 34.6 Å². The number of rotatable bonds is 1. The van der Waals surface area contributed by atoms with Crippen molar-refractivity contribution in [3.63, 3.8) is 0 Å². The van der Waals surface area contributed by atoms with Crippen molar-refractivity contribution in [2.45, 2.75) is 0 Å². The summed E-state index contributed by atoms with van der Waals surface area (Å²) >= 11 is 0. The summed E-state index contributed by atoms with van der Waals surface area (Å²) in [6, 6.07) is 13.9. The highest BCUT2D eigenvalue weighted by Gasteiger charge is 2.28. The van der Waals surface area contributed by atoms with E-state index in [2.05, 4.69) is 15.1 Å². The van der Waals surface area contributed by atoms with Crippen LogP contribution in [-0.2, 0) is 0 Å². The van der Waals surface area contributed by atoms with Crippen molar-refractivity contribution < 1.29 is 5.21 Å². The fourth-order valence-corrected chi connectivity index (χ4v) is 2.81. The second-order valence-electron chi connectivity index (χ2n) is 4.66. The van der Waals surface area contributed by atoms with Crippen molar-refractivity contribution >= 4 is 5.71 Å². The van der Waals surface area contributed by atoms with E-state index in [-0.39, 0.29) is 0 Å². The van der Waals surface area contributed by atoms with Crippen molar-refractivity contribution in [2.24, 2.45) is 5.16 Å². The first-order chi connectivity index (χ1) is 9.90. The first kappa shape index (κ1) is 11.0. The fourth-order valence-electron chi connectivity index (χ4n) is 2.81. The Morgan fingerprint density at radius 1 is 0.900 bits per heavy atom. The van der Waals surface area contributed by atoms with E-state index in [0.717, 1.165) is 33.6 Å². The monoisotopic (exact) mass is 261 g/mol. The summed E-state index contributed by atoms with van der Waals surface area (Å²) in [5.41, 5.74) is 5.64.